The first kappa shape index (κ1) is 24.2. The van der Waals surface area contributed by atoms with Crippen LogP contribution in [0.1, 0.15) is 38.2 Å². The molecule has 0 radical (unpaired) electrons. The normalized spacial score (nSPS) is 20.3. The maximum atomic E-state index is 13.3. The maximum absolute atomic E-state index is 13.3. The molecule has 0 bridgehead atoms. The fourth-order valence-corrected chi connectivity index (χ4v) is 5.26. The van der Waals surface area contributed by atoms with Gasteiger partial charge in [-0.15, -0.1) is 0 Å². The number of nitrogens with one attached hydrogen (secondary N) is 1. The van der Waals surface area contributed by atoms with Crippen LogP contribution in [0.4, 0.5) is 5.69 Å². The second kappa shape index (κ2) is 11.1. The standard InChI is InChI=1S/C27H35N6O3/c1-20-28-30-33(29-20)19-27(34)32-15-14-31(18-23(32)16-21-8-4-3-5-9-21)22-12-13-25(35-2)26(17-22)36-24-10-6-7-11-24/h3-5,8-9,12-13,17,23-24,30H,6-7,10-11,14-16,18-19H2,1-2H3/q-1/t23-/m0/s1. The van der Waals surface area contributed by atoms with Gasteiger partial charge in [0.05, 0.1) is 19.3 Å². The minimum atomic E-state index is 0.0274. The van der Waals surface area contributed by atoms with E-state index in [0.29, 0.717) is 12.4 Å². The molecule has 1 atom stereocenters. The van der Waals surface area contributed by atoms with E-state index < -0.39 is 0 Å². The lowest BCUT2D eigenvalue weighted by Crippen LogP contribution is -2.58. The first-order valence-corrected chi connectivity index (χ1v) is 12.8. The van der Waals surface area contributed by atoms with Crippen LogP contribution in [0.5, 0.6) is 11.5 Å². The molecule has 1 saturated heterocycles. The number of hydrazine groups is 1. The highest BCUT2D eigenvalue weighted by Gasteiger charge is 2.32. The van der Waals surface area contributed by atoms with Crippen LogP contribution < -0.4 is 19.9 Å². The molecule has 192 valence electrons. The third-order valence-corrected chi connectivity index (χ3v) is 7.10. The fourth-order valence-electron chi connectivity index (χ4n) is 5.26. The summed E-state index contributed by atoms with van der Waals surface area (Å²) in [6.45, 7) is 4.05. The predicted molar refractivity (Wildman–Crippen MR) is 140 cm³/mol. The molecule has 2 heterocycles. The smallest absolute Gasteiger partial charge is 0.244 e. The van der Waals surface area contributed by atoms with E-state index in [-0.39, 0.29) is 24.6 Å². The van der Waals surface area contributed by atoms with E-state index in [1.807, 2.05) is 29.2 Å². The molecule has 1 saturated carbocycles. The van der Waals surface area contributed by atoms with Gasteiger partial charge in [0.2, 0.25) is 5.91 Å². The maximum Gasteiger partial charge on any atom is 0.244 e. The number of anilines is 1. The van der Waals surface area contributed by atoms with E-state index in [2.05, 4.69) is 45.2 Å². The molecule has 2 fully saturated rings. The Morgan fingerprint density at radius 2 is 1.92 bits per heavy atom. The van der Waals surface area contributed by atoms with Gasteiger partial charge in [-0.05, 0) is 56.7 Å². The Morgan fingerprint density at radius 1 is 1.11 bits per heavy atom. The van der Waals surface area contributed by atoms with Crippen LogP contribution in [0.2, 0.25) is 0 Å². The summed E-state index contributed by atoms with van der Waals surface area (Å²) in [6.07, 6.45) is 5.66. The van der Waals surface area contributed by atoms with E-state index >= 15 is 0 Å². The average Bonchev–Trinajstić information content (AvgIpc) is 3.56. The van der Waals surface area contributed by atoms with E-state index in [9.17, 15) is 4.79 Å². The Labute approximate surface area is 213 Å². The van der Waals surface area contributed by atoms with Crippen LogP contribution in [-0.2, 0) is 11.2 Å². The number of ether oxygens (including phenoxy) is 2. The van der Waals surface area contributed by atoms with Gasteiger partial charge in [-0.1, -0.05) is 36.2 Å². The van der Waals surface area contributed by atoms with Gasteiger partial charge in [0.15, 0.2) is 11.5 Å². The zero-order valence-corrected chi connectivity index (χ0v) is 21.1. The predicted octanol–water partition coefficient (Wildman–Crippen LogP) is 3.72. The highest BCUT2D eigenvalue weighted by molar-refractivity contribution is 5.92. The van der Waals surface area contributed by atoms with Crippen LogP contribution in [0.25, 0.3) is 5.43 Å². The Kier molecular flexibility index (Phi) is 7.46. The summed E-state index contributed by atoms with van der Waals surface area (Å²) in [5.41, 5.74) is 9.14. The Balaban J connectivity index is 1.33. The highest BCUT2D eigenvalue weighted by Crippen LogP contribution is 2.36. The summed E-state index contributed by atoms with van der Waals surface area (Å²) in [7, 11) is 1.69. The number of carbonyl (C=O) groups is 1. The number of nitrogens with zero attached hydrogens (tertiary/aromatic N) is 5. The van der Waals surface area contributed by atoms with Gasteiger partial charge in [-0.3, -0.25) is 4.79 Å². The zero-order chi connectivity index (χ0) is 24.9. The number of hydrazone groups is 1. The third-order valence-electron chi connectivity index (χ3n) is 7.10. The first-order valence-electron chi connectivity index (χ1n) is 12.8. The van der Waals surface area contributed by atoms with Crippen molar-refractivity contribution in [2.45, 2.75) is 51.2 Å². The zero-order valence-electron chi connectivity index (χ0n) is 21.1. The Hall–Kier alpha value is -3.46. The molecule has 9 nitrogen and oxygen atoms in total. The van der Waals surface area contributed by atoms with Crippen molar-refractivity contribution < 1.29 is 14.3 Å². The summed E-state index contributed by atoms with van der Waals surface area (Å²) in [5, 5.41) is 5.75. The van der Waals surface area contributed by atoms with Crippen molar-refractivity contribution in [3.8, 4) is 11.5 Å². The topological polar surface area (TPSA) is 83.7 Å². The van der Waals surface area contributed by atoms with Crippen LogP contribution in [-0.4, -0.2) is 67.2 Å². The van der Waals surface area contributed by atoms with Crippen molar-refractivity contribution in [1.82, 2.24) is 15.6 Å². The molecule has 9 heteroatoms. The van der Waals surface area contributed by atoms with Crippen molar-refractivity contribution in [2.75, 3.05) is 38.2 Å². The molecular weight excluding hydrogens is 456 g/mol. The summed E-state index contributed by atoms with van der Waals surface area (Å²) in [6, 6.07) is 16.6. The van der Waals surface area contributed by atoms with Gasteiger partial charge in [0.1, 0.15) is 6.54 Å². The lowest BCUT2D eigenvalue weighted by Gasteiger charge is -2.43. The number of benzene rings is 2. The largest absolute Gasteiger partial charge is 0.493 e. The average molecular weight is 492 g/mol. The molecule has 3 aliphatic rings. The van der Waals surface area contributed by atoms with Crippen molar-refractivity contribution in [3.05, 3.63) is 59.5 Å². The molecule has 1 aliphatic carbocycles. The van der Waals surface area contributed by atoms with E-state index in [1.54, 1.807) is 14.0 Å². The van der Waals surface area contributed by atoms with Gasteiger partial charge >= 0.3 is 0 Å². The number of methoxy groups -OCH3 is 1. The molecule has 1 amide bonds. The van der Waals surface area contributed by atoms with Crippen molar-refractivity contribution >= 4 is 17.4 Å². The second-order valence-corrected chi connectivity index (χ2v) is 9.65. The minimum Gasteiger partial charge on any atom is -0.493 e. The van der Waals surface area contributed by atoms with Crippen LogP contribution in [0, 0.1) is 0 Å². The van der Waals surface area contributed by atoms with Crippen LogP contribution in [0.15, 0.2) is 53.6 Å². The number of hydrogen-bond donors (Lipinski definition) is 1. The van der Waals surface area contributed by atoms with E-state index in [1.165, 1.54) is 23.5 Å². The van der Waals surface area contributed by atoms with Crippen molar-refractivity contribution in [2.24, 2.45) is 5.10 Å². The molecule has 0 unspecified atom stereocenters. The number of hydrogen-bond acceptors (Lipinski definition) is 7. The number of amidine groups is 1. The third kappa shape index (κ3) is 5.67. The SMILES string of the molecule is COc1ccc(N2CCN(C(=O)CN3N=C(C)[N-]N3)[C@@H](Cc3ccccc3)C2)cc1OC1CCCC1. The van der Waals surface area contributed by atoms with Crippen LogP contribution >= 0.6 is 0 Å². The number of carbonyl (C=O) groups excluding carboxylic acids is 1. The molecule has 2 aromatic rings. The van der Waals surface area contributed by atoms with Crippen LogP contribution in [0.3, 0.4) is 0 Å². The lowest BCUT2D eigenvalue weighted by atomic mass is 10.0. The van der Waals surface area contributed by atoms with Gasteiger partial charge in [0, 0.05) is 31.4 Å². The molecular formula is C27H35N6O3-. The minimum absolute atomic E-state index is 0.0274. The van der Waals surface area contributed by atoms with Gasteiger partial charge in [-0.25, -0.2) is 5.53 Å². The van der Waals surface area contributed by atoms with Crippen molar-refractivity contribution in [3.63, 3.8) is 0 Å². The molecule has 0 aromatic heterocycles. The summed E-state index contributed by atoms with van der Waals surface area (Å²) >= 11 is 0. The molecule has 1 N–H and O–H groups in total. The molecule has 36 heavy (non-hydrogen) atoms. The number of amides is 1. The van der Waals surface area contributed by atoms with Crippen molar-refractivity contribution in [1.29, 1.82) is 0 Å². The first-order chi connectivity index (χ1) is 17.6. The number of piperazine rings is 1. The fraction of sp³-hybridized carbons (Fsp3) is 0.481. The molecule has 5 rings (SSSR count). The summed E-state index contributed by atoms with van der Waals surface area (Å²) in [4.78, 5) is 17.7. The Morgan fingerprint density at radius 3 is 2.64 bits per heavy atom. The summed E-state index contributed by atoms with van der Waals surface area (Å²) < 4.78 is 11.9. The van der Waals surface area contributed by atoms with Gasteiger partial charge < -0.3 is 34.9 Å². The lowest BCUT2D eigenvalue weighted by molar-refractivity contribution is -0.135. The molecule has 0 spiro atoms. The molecule has 2 aliphatic heterocycles. The Bertz CT molecular complexity index is 1070. The second-order valence-electron chi connectivity index (χ2n) is 9.65. The van der Waals surface area contributed by atoms with E-state index in [0.717, 1.165) is 49.5 Å². The van der Waals surface area contributed by atoms with Gasteiger partial charge in [0.25, 0.3) is 0 Å². The van der Waals surface area contributed by atoms with E-state index in [4.69, 9.17) is 9.47 Å². The molecule has 2 aromatic carbocycles. The number of rotatable bonds is 8. The quantitative estimate of drug-likeness (QED) is 0.606. The monoisotopic (exact) mass is 491 g/mol. The summed E-state index contributed by atoms with van der Waals surface area (Å²) in [5.74, 6) is 2.22. The van der Waals surface area contributed by atoms with Gasteiger partial charge in [-0.2, -0.15) is 0 Å². The highest BCUT2D eigenvalue weighted by atomic mass is 16.5.